The van der Waals surface area contributed by atoms with Crippen LogP contribution in [0.25, 0.3) is 0 Å². The van der Waals surface area contributed by atoms with Gasteiger partial charge in [-0.15, -0.1) is 0 Å². The summed E-state index contributed by atoms with van der Waals surface area (Å²) in [6, 6.07) is 3.58. The van der Waals surface area contributed by atoms with Crippen LogP contribution in [-0.2, 0) is 23.0 Å². The molecule has 1 amide bonds. The van der Waals surface area contributed by atoms with Crippen LogP contribution in [0.3, 0.4) is 0 Å². The summed E-state index contributed by atoms with van der Waals surface area (Å²) in [6.45, 7) is 3.57. The van der Waals surface area contributed by atoms with Crippen LogP contribution in [0, 0.1) is 0 Å². The molecule has 2 aromatic heterocycles. The number of aromatic nitrogens is 4. The van der Waals surface area contributed by atoms with E-state index in [1.165, 1.54) is 19.3 Å². The first-order valence-electron chi connectivity index (χ1n) is 9.64. The molecule has 0 bridgehead atoms. The van der Waals surface area contributed by atoms with Crippen LogP contribution >= 0.6 is 0 Å². The van der Waals surface area contributed by atoms with Gasteiger partial charge in [0, 0.05) is 39.1 Å². The van der Waals surface area contributed by atoms with Gasteiger partial charge in [0.25, 0.3) is 0 Å². The summed E-state index contributed by atoms with van der Waals surface area (Å²) >= 11 is 0. The fourth-order valence-electron chi connectivity index (χ4n) is 3.75. The molecule has 0 N–H and O–H groups in total. The summed E-state index contributed by atoms with van der Waals surface area (Å²) in [7, 11) is 1.85. The lowest BCUT2D eigenvalue weighted by Gasteiger charge is -2.35. The molecule has 4 heterocycles. The molecule has 0 aliphatic carbocycles. The molecule has 27 heavy (non-hydrogen) atoms. The zero-order chi connectivity index (χ0) is 18.6. The third-order valence-electron chi connectivity index (χ3n) is 5.19. The van der Waals surface area contributed by atoms with Crippen molar-refractivity contribution in [1.29, 1.82) is 0 Å². The minimum Gasteiger partial charge on any atom is -0.377 e. The Kier molecular flexibility index (Phi) is 5.33. The van der Waals surface area contributed by atoms with Gasteiger partial charge >= 0.3 is 0 Å². The van der Waals surface area contributed by atoms with E-state index in [4.69, 9.17) is 9.72 Å². The van der Waals surface area contributed by atoms with Crippen molar-refractivity contribution in [1.82, 2.24) is 24.6 Å². The zero-order valence-corrected chi connectivity index (χ0v) is 15.8. The van der Waals surface area contributed by atoms with E-state index in [-0.39, 0.29) is 18.4 Å². The summed E-state index contributed by atoms with van der Waals surface area (Å²) in [5, 5.41) is 4.32. The SMILES string of the molecule is Cn1ccc(CC(=O)N2CCOCC2c2nccc(N3CCCCC3)n2)n1. The molecule has 144 valence electrons. The molecule has 0 saturated carbocycles. The van der Waals surface area contributed by atoms with E-state index in [1.54, 1.807) is 10.9 Å². The van der Waals surface area contributed by atoms with Crippen LogP contribution in [-0.4, -0.2) is 63.4 Å². The van der Waals surface area contributed by atoms with Crippen molar-refractivity contribution in [2.24, 2.45) is 7.05 Å². The van der Waals surface area contributed by atoms with Crippen molar-refractivity contribution in [3.8, 4) is 0 Å². The van der Waals surface area contributed by atoms with Crippen LogP contribution in [0.5, 0.6) is 0 Å². The molecule has 2 aromatic rings. The van der Waals surface area contributed by atoms with E-state index in [1.807, 2.05) is 30.3 Å². The number of amides is 1. The number of nitrogens with zero attached hydrogens (tertiary/aromatic N) is 6. The molecule has 2 aliphatic rings. The summed E-state index contributed by atoms with van der Waals surface area (Å²) < 4.78 is 7.36. The van der Waals surface area contributed by atoms with Crippen molar-refractivity contribution in [2.75, 3.05) is 37.7 Å². The van der Waals surface area contributed by atoms with Crippen LogP contribution < -0.4 is 4.90 Å². The maximum absolute atomic E-state index is 12.9. The molecule has 2 saturated heterocycles. The Morgan fingerprint density at radius 1 is 1.22 bits per heavy atom. The molecule has 2 aliphatic heterocycles. The van der Waals surface area contributed by atoms with E-state index < -0.39 is 0 Å². The number of carbonyl (C=O) groups is 1. The number of hydrogen-bond donors (Lipinski definition) is 0. The second-order valence-electron chi connectivity index (χ2n) is 7.16. The Hall–Kier alpha value is -2.48. The van der Waals surface area contributed by atoms with Gasteiger partial charge in [0.05, 0.1) is 25.3 Å². The van der Waals surface area contributed by atoms with E-state index in [2.05, 4.69) is 15.0 Å². The molecule has 0 radical (unpaired) electrons. The Balaban J connectivity index is 1.52. The first kappa shape index (κ1) is 17.9. The van der Waals surface area contributed by atoms with Crippen LogP contribution in [0.2, 0.25) is 0 Å². The van der Waals surface area contributed by atoms with Crippen LogP contribution in [0.15, 0.2) is 24.5 Å². The number of piperidine rings is 1. The molecule has 1 atom stereocenters. The van der Waals surface area contributed by atoms with Gasteiger partial charge in [-0.3, -0.25) is 9.48 Å². The Labute approximate surface area is 159 Å². The third kappa shape index (κ3) is 4.10. The molecule has 0 spiro atoms. The van der Waals surface area contributed by atoms with E-state index in [9.17, 15) is 4.79 Å². The zero-order valence-electron chi connectivity index (χ0n) is 15.8. The maximum atomic E-state index is 12.9. The van der Waals surface area contributed by atoms with E-state index in [0.717, 1.165) is 24.6 Å². The smallest absolute Gasteiger partial charge is 0.229 e. The van der Waals surface area contributed by atoms with E-state index in [0.29, 0.717) is 25.6 Å². The largest absolute Gasteiger partial charge is 0.377 e. The number of hydrogen-bond acceptors (Lipinski definition) is 6. The molecule has 1 unspecified atom stereocenters. The molecule has 0 aromatic carbocycles. The standard InChI is InChI=1S/C19H26N6O2/c1-23-10-6-15(22-23)13-18(26)25-11-12-27-14-16(25)19-20-7-5-17(21-19)24-8-3-2-4-9-24/h5-7,10,16H,2-4,8-9,11-14H2,1H3. The van der Waals surface area contributed by atoms with Gasteiger partial charge < -0.3 is 14.5 Å². The van der Waals surface area contributed by atoms with Gasteiger partial charge in [-0.25, -0.2) is 9.97 Å². The predicted octanol–water partition coefficient (Wildman–Crippen LogP) is 1.34. The summed E-state index contributed by atoms with van der Waals surface area (Å²) in [6.07, 6.45) is 7.60. The fraction of sp³-hybridized carbons (Fsp3) is 0.579. The average molecular weight is 370 g/mol. The predicted molar refractivity (Wildman–Crippen MR) is 100 cm³/mol. The number of aryl methyl sites for hydroxylation is 1. The van der Waals surface area contributed by atoms with Gasteiger partial charge in [-0.2, -0.15) is 5.10 Å². The van der Waals surface area contributed by atoms with Crippen LogP contribution in [0.1, 0.15) is 36.8 Å². The minimum atomic E-state index is -0.250. The number of ether oxygens (including phenoxy) is 1. The quantitative estimate of drug-likeness (QED) is 0.808. The highest BCUT2D eigenvalue weighted by molar-refractivity contribution is 5.78. The summed E-state index contributed by atoms with van der Waals surface area (Å²) in [5.41, 5.74) is 0.774. The van der Waals surface area contributed by atoms with Gasteiger partial charge in [0.15, 0.2) is 5.82 Å². The first-order chi connectivity index (χ1) is 13.2. The van der Waals surface area contributed by atoms with E-state index >= 15 is 0 Å². The van der Waals surface area contributed by atoms with Gasteiger partial charge in [0.2, 0.25) is 5.91 Å². The van der Waals surface area contributed by atoms with Crippen LogP contribution in [0.4, 0.5) is 5.82 Å². The molecule has 8 nitrogen and oxygen atoms in total. The van der Waals surface area contributed by atoms with Gasteiger partial charge in [-0.1, -0.05) is 0 Å². The summed E-state index contributed by atoms with van der Waals surface area (Å²) in [4.78, 5) is 26.3. The lowest BCUT2D eigenvalue weighted by atomic mass is 10.1. The van der Waals surface area contributed by atoms with Crippen molar-refractivity contribution in [3.05, 3.63) is 36.0 Å². The van der Waals surface area contributed by atoms with Crippen molar-refractivity contribution < 1.29 is 9.53 Å². The van der Waals surface area contributed by atoms with Crippen molar-refractivity contribution in [3.63, 3.8) is 0 Å². The summed E-state index contributed by atoms with van der Waals surface area (Å²) in [5.74, 6) is 1.64. The molecular weight excluding hydrogens is 344 g/mol. The fourth-order valence-corrected chi connectivity index (χ4v) is 3.75. The Morgan fingerprint density at radius 3 is 2.85 bits per heavy atom. The van der Waals surface area contributed by atoms with Gasteiger partial charge in [0.1, 0.15) is 11.9 Å². The lowest BCUT2D eigenvalue weighted by molar-refractivity contribution is -0.139. The van der Waals surface area contributed by atoms with Crippen molar-refractivity contribution >= 4 is 11.7 Å². The Morgan fingerprint density at radius 2 is 2.07 bits per heavy atom. The number of carbonyl (C=O) groups excluding carboxylic acids is 1. The van der Waals surface area contributed by atoms with Crippen molar-refractivity contribution in [2.45, 2.75) is 31.7 Å². The highest BCUT2D eigenvalue weighted by Crippen LogP contribution is 2.25. The molecule has 4 rings (SSSR count). The van der Waals surface area contributed by atoms with Gasteiger partial charge in [-0.05, 0) is 31.4 Å². The topological polar surface area (TPSA) is 76.4 Å². The highest BCUT2D eigenvalue weighted by Gasteiger charge is 2.31. The molecule has 8 heteroatoms. The molecule has 2 fully saturated rings. The Bertz CT molecular complexity index is 786. The maximum Gasteiger partial charge on any atom is 0.229 e. The number of morpholine rings is 1. The highest BCUT2D eigenvalue weighted by atomic mass is 16.5. The average Bonchev–Trinajstić information content (AvgIpc) is 3.13. The minimum absolute atomic E-state index is 0.0361. The second-order valence-corrected chi connectivity index (χ2v) is 7.16. The number of anilines is 1. The monoisotopic (exact) mass is 370 g/mol. The second kappa shape index (κ2) is 8.04. The normalized spacial score (nSPS) is 20.7. The lowest BCUT2D eigenvalue weighted by Crippen LogP contribution is -2.45. The first-order valence-corrected chi connectivity index (χ1v) is 9.64. The molecular formula is C19H26N6O2. The third-order valence-corrected chi connectivity index (χ3v) is 5.19. The number of rotatable bonds is 4.